The maximum Gasteiger partial charge on any atom is 0.0929 e. The van der Waals surface area contributed by atoms with Crippen LogP contribution in [-0.4, -0.2) is 6.61 Å². The van der Waals surface area contributed by atoms with Crippen LogP contribution in [0, 0.1) is 0 Å². The molecule has 0 aromatic carbocycles. The molecule has 0 bridgehead atoms. The Morgan fingerprint density at radius 3 is 3.20 bits per heavy atom. The molecule has 1 aliphatic carbocycles. The third-order valence-electron chi connectivity index (χ3n) is 1.30. The van der Waals surface area contributed by atoms with E-state index >= 15 is 0 Å². The van der Waals surface area contributed by atoms with Gasteiger partial charge >= 0.3 is 0 Å². The molecule has 0 radical (unpaired) electrons. The fourth-order valence-corrected chi connectivity index (χ4v) is 0.816. The smallest absolute Gasteiger partial charge is 0.0929 e. The molecule has 1 aliphatic rings. The normalized spacial score (nSPS) is 16.7. The van der Waals surface area contributed by atoms with Gasteiger partial charge in [-0.15, -0.1) is 0 Å². The highest BCUT2D eigenvalue weighted by Crippen LogP contribution is 2.03. The molecule has 2 heteroatoms. The van der Waals surface area contributed by atoms with Crippen molar-refractivity contribution in [3.8, 4) is 0 Å². The molecular weight excluding hydrogens is 126 g/mol. The first-order valence-electron chi connectivity index (χ1n) is 3.27. The fourth-order valence-electron chi connectivity index (χ4n) is 0.816. The van der Waals surface area contributed by atoms with E-state index in [4.69, 9.17) is 5.90 Å². The third kappa shape index (κ3) is 2.17. The fraction of sp³-hybridized carbons (Fsp3) is 0.250. The summed E-state index contributed by atoms with van der Waals surface area (Å²) in [4.78, 5) is 4.48. The van der Waals surface area contributed by atoms with Crippen LogP contribution in [0.1, 0.15) is 6.42 Å². The van der Waals surface area contributed by atoms with E-state index in [2.05, 4.69) is 17.0 Å². The van der Waals surface area contributed by atoms with Gasteiger partial charge in [-0.05, 0) is 12.0 Å². The number of allylic oxidation sites excluding steroid dienone is 4. The molecule has 0 aromatic heterocycles. The van der Waals surface area contributed by atoms with Crippen molar-refractivity contribution in [1.82, 2.24) is 0 Å². The molecule has 2 N–H and O–H groups in total. The number of hydrogen-bond acceptors (Lipinski definition) is 2. The Balaban J connectivity index is 2.55. The monoisotopic (exact) mass is 137 g/mol. The van der Waals surface area contributed by atoms with Crippen molar-refractivity contribution >= 4 is 0 Å². The van der Waals surface area contributed by atoms with Crippen LogP contribution in [0.4, 0.5) is 0 Å². The van der Waals surface area contributed by atoms with Gasteiger partial charge in [0.25, 0.3) is 0 Å². The predicted molar refractivity (Wildman–Crippen MR) is 41.1 cm³/mol. The van der Waals surface area contributed by atoms with E-state index in [-0.39, 0.29) is 0 Å². The van der Waals surface area contributed by atoms with Crippen molar-refractivity contribution in [2.75, 3.05) is 6.61 Å². The summed E-state index contributed by atoms with van der Waals surface area (Å²) in [5, 5.41) is 0. The molecule has 0 unspecified atom stereocenters. The van der Waals surface area contributed by atoms with E-state index in [0.717, 1.165) is 12.0 Å². The lowest BCUT2D eigenvalue weighted by atomic mass is 10.2. The van der Waals surface area contributed by atoms with Crippen molar-refractivity contribution < 1.29 is 4.84 Å². The molecule has 0 fully saturated rings. The lowest BCUT2D eigenvalue weighted by molar-refractivity contribution is 0.163. The van der Waals surface area contributed by atoms with Gasteiger partial charge < -0.3 is 0 Å². The van der Waals surface area contributed by atoms with Crippen molar-refractivity contribution in [2.24, 2.45) is 5.90 Å². The summed E-state index contributed by atoms with van der Waals surface area (Å²) in [6, 6.07) is 0. The van der Waals surface area contributed by atoms with Gasteiger partial charge in [0, 0.05) is 0 Å². The van der Waals surface area contributed by atoms with Crippen molar-refractivity contribution in [2.45, 2.75) is 6.42 Å². The molecule has 0 heterocycles. The van der Waals surface area contributed by atoms with Crippen LogP contribution in [0.3, 0.4) is 0 Å². The molecule has 0 aliphatic heterocycles. The number of hydrogen-bond donors (Lipinski definition) is 1. The largest absolute Gasteiger partial charge is 0.300 e. The molecule has 54 valence electrons. The van der Waals surface area contributed by atoms with Gasteiger partial charge in [-0.1, -0.05) is 30.4 Å². The Labute approximate surface area is 60.6 Å². The van der Waals surface area contributed by atoms with Crippen molar-refractivity contribution in [3.63, 3.8) is 0 Å². The highest BCUT2D eigenvalue weighted by molar-refractivity contribution is 5.27. The van der Waals surface area contributed by atoms with E-state index in [1.165, 1.54) is 0 Å². The van der Waals surface area contributed by atoms with Crippen LogP contribution in [-0.2, 0) is 4.84 Å². The summed E-state index contributed by atoms with van der Waals surface area (Å²) >= 11 is 0. The van der Waals surface area contributed by atoms with E-state index in [9.17, 15) is 0 Å². The maximum absolute atomic E-state index is 4.91. The molecule has 0 saturated heterocycles. The summed E-state index contributed by atoms with van der Waals surface area (Å²) in [7, 11) is 0. The van der Waals surface area contributed by atoms with Crippen LogP contribution in [0.15, 0.2) is 36.0 Å². The minimum absolute atomic E-state index is 0.487. The molecule has 0 saturated carbocycles. The highest BCUT2D eigenvalue weighted by atomic mass is 16.6. The first-order chi connectivity index (χ1) is 4.93. The molecule has 1 rings (SSSR count). The van der Waals surface area contributed by atoms with E-state index in [1.54, 1.807) is 0 Å². The zero-order valence-electron chi connectivity index (χ0n) is 5.79. The Bertz CT molecular complexity index is 180. The van der Waals surface area contributed by atoms with Gasteiger partial charge in [0.15, 0.2) is 0 Å². The van der Waals surface area contributed by atoms with Gasteiger partial charge in [-0.2, -0.15) is 0 Å². The summed E-state index contributed by atoms with van der Waals surface area (Å²) in [6.45, 7) is 0.487. The Morgan fingerprint density at radius 1 is 1.50 bits per heavy atom. The van der Waals surface area contributed by atoms with E-state index < -0.39 is 0 Å². The molecule has 0 aromatic rings. The Kier molecular flexibility index (Phi) is 2.93. The van der Waals surface area contributed by atoms with Gasteiger partial charge in [0.2, 0.25) is 0 Å². The molecule has 2 nitrogen and oxygen atoms in total. The van der Waals surface area contributed by atoms with Crippen LogP contribution >= 0.6 is 0 Å². The first-order valence-corrected chi connectivity index (χ1v) is 3.27. The van der Waals surface area contributed by atoms with Crippen LogP contribution < -0.4 is 5.90 Å². The van der Waals surface area contributed by atoms with Gasteiger partial charge in [0.05, 0.1) is 6.61 Å². The number of rotatable bonds is 2. The standard InChI is InChI=1S/C8H11NO/c9-10-7-8-5-3-1-2-4-6-8/h1,3-6H,2,7,9H2. The molecule has 0 amide bonds. The van der Waals surface area contributed by atoms with Crippen LogP contribution in [0.5, 0.6) is 0 Å². The first kappa shape index (κ1) is 7.25. The topological polar surface area (TPSA) is 35.2 Å². The lowest BCUT2D eigenvalue weighted by Crippen LogP contribution is -2.01. The second-order valence-corrected chi connectivity index (χ2v) is 2.12. The third-order valence-corrected chi connectivity index (χ3v) is 1.30. The lowest BCUT2D eigenvalue weighted by Gasteiger charge is -1.95. The molecular formula is C8H11NO. The summed E-state index contributed by atoms with van der Waals surface area (Å²) in [5.41, 5.74) is 1.11. The van der Waals surface area contributed by atoms with Crippen LogP contribution in [0.25, 0.3) is 0 Å². The molecule has 0 atom stereocenters. The van der Waals surface area contributed by atoms with E-state index in [0.29, 0.717) is 6.61 Å². The van der Waals surface area contributed by atoms with Gasteiger partial charge in [-0.25, -0.2) is 5.90 Å². The molecule has 10 heavy (non-hydrogen) atoms. The predicted octanol–water partition coefficient (Wildman–Crippen LogP) is 1.32. The van der Waals surface area contributed by atoms with Crippen molar-refractivity contribution in [3.05, 3.63) is 36.0 Å². The van der Waals surface area contributed by atoms with E-state index in [1.807, 2.05) is 18.2 Å². The zero-order valence-corrected chi connectivity index (χ0v) is 5.79. The zero-order chi connectivity index (χ0) is 7.23. The van der Waals surface area contributed by atoms with Gasteiger partial charge in [0.1, 0.15) is 0 Å². The maximum atomic E-state index is 4.91. The van der Waals surface area contributed by atoms with Gasteiger partial charge in [-0.3, -0.25) is 4.84 Å². The molecule has 0 spiro atoms. The minimum Gasteiger partial charge on any atom is -0.300 e. The highest BCUT2D eigenvalue weighted by Gasteiger charge is 1.90. The van der Waals surface area contributed by atoms with Crippen LogP contribution in [0.2, 0.25) is 0 Å². The average molecular weight is 137 g/mol. The number of nitrogens with two attached hydrogens (primary N) is 1. The quantitative estimate of drug-likeness (QED) is 0.582. The minimum atomic E-state index is 0.487. The second-order valence-electron chi connectivity index (χ2n) is 2.12. The SMILES string of the molecule is NOCC1=CC=CCC=C1. The Hall–Kier alpha value is -0.860. The summed E-state index contributed by atoms with van der Waals surface area (Å²) in [6.07, 6.45) is 11.2. The second kappa shape index (κ2) is 4.04. The summed E-state index contributed by atoms with van der Waals surface area (Å²) in [5.74, 6) is 4.91. The summed E-state index contributed by atoms with van der Waals surface area (Å²) < 4.78 is 0. The average Bonchev–Trinajstić information content (AvgIpc) is 2.17. The van der Waals surface area contributed by atoms with Crippen molar-refractivity contribution in [1.29, 1.82) is 0 Å². The Morgan fingerprint density at radius 2 is 2.40 bits per heavy atom.